The van der Waals surface area contributed by atoms with Gasteiger partial charge in [-0.2, -0.15) is 0 Å². The monoisotopic (exact) mass is 251 g/mol. The third-order valence-electron chi connectivity index (χ3n) is 2.99. The maximum atomic E-state index is 11.2. The molecule has 6 nitrogen and oxygen atoms in total. The molecule has 1 fully saturated rings. The third kappa shape index (κ3) is 3.16. The zero-order chi connectivity index (χ0) is 13.0. The van der Waals surface area contributed by atoms with E-state index in [1.807, 2.05) is 0 Å². The van der Waals surface area contributed by atoms with E-state index in [1.165, 1.54) is 13.2 Å². The summed E-state index contributed by atoms with van der Waals surface area (Å²) in [6.07, 6.45) is 4.02. The Balaban J connectivity index is 1.95. The maximum Gasteiger partial charge on any atom is 0.358 e. The lowest BCUT2D eigenvalue weighted by Crippen LogP contribution is -2.33. The summed E-state index contributed by atoms with van der Waals surface area (Å²) < 4.78 is 10.2. The van der Waals surface area contributed by atoms with Crippen molar-refractivity contribution in [3.8, 4) is 5.88 Å². The Morgan fingerprint density at radius 1 is 1.39 bits per heavy atom. The highest BCUT2D eigenvalue weighted by Crippen LogP contribution is 2.21. The molecule has 1 aliphatic carbocycles. The molecule has 18 heavy (non-hydrogen) atoms. The highest BCUT2D eigenvalue weighted by Gasteiger charge is 2.21. The second-order valence-electron chi connectivity index (χ2n) is 4.41. The SMILES string of the molecule is COC(=O)c1ccc(OC2CCCC(N)C2)nn1. The van der Waals surface area contributed by atoms with Crippen LogP contribution in [0, 0.1) is 0 Å². The van der Waals surface area contributed by atoms with Crippen molar-refractivity contribution in [2.24, 2.45) is 5.73 Å². The predicted octanol–water partition coefficient (Wildman–Crippen LogP) is 0.912. The molecule has 98 valence electrons. The van der Waals surface area contributed by atoms with Crippen LogP contribution in [0.4, 0.5) is 0 Å². The number of aromatic nitrogens is 2. The van der Waals surface area contributed by atoms with Gasteiger partial charge in [-0.05, 0) is 31.7 Å². The summed E-state index contributed by atoms with van der Waals surface area (Å²) >= 11 is 0. The summed E-state index contributed by atoms with van der Waals surface area (Å²) in [4.78, 5) is 11.2. The number of esters is 1. The van der Waals surface area contributed by atoms with E-state index in [0.29, 0.717) is 5.88 Å². The summed E-state index contributed by atoms with van der Waals surface area (Å²) in [6, 6.07) is 3.36. The first kappa shape index (κ1) is 12.8. The number of nitrogens with zero attached hydrogens (tertiary/aromatic N) is 2. The lowest BCUT2D eigenvalue weighted by atomic mass is 9.94. The molecule has 2 atom stereocenters. The molecule has 0 spiro atoms. The molecule has 1 aromatic heterocycles. The van der Waals surface area contributed by atoms with E-state index < -0.39 is 5.97 Å². The van der Waals surface area contributed by atoms with Crippen LogP contribution in [0.5, 0.6) is 5.88 Å². The lowest BCUT2D eigenvalue weighted by molar-refractivity contribution is 0.0592. The molecule has 0 aromatic carbocycles. The highest BCUT2D eigenvalue weighted by atomic mass is 16.5. The molecular formula is C12H17N3O3. The average Bonchev–Trinajstić information content (AvgIpc) is 2.39. The first-order valence-electron chi connectivity index (χ1n) is 6.03. The number of rotatable bonds is 3. The van der Waals surface area contributed by atoms with Gasteiger partial charge in [-0.3, -0.25) is 0 Å². The van der Waals surface area contributed by atoms with Gasteiger partial charge in [-0.25, -0.2) is 4.79 Å². The maximum absolute atomic E-state index is 11.2. The van der Waals surface area contributed by atoms with E-state index in [4.69, 9.17) is 10.5 Å². The summed E-state index contributed by atoms with van der Waals surface area (Å²) in [5.74, 6) is -0.0875. The zero-order valence-corrected chi connectivity index (χ0v) is 10.3. The van der Waals surface area contributed by atoms with Crippen molar-refractivity contribution < 1.29 is 14.3 Å². The van der Waals surface area contributed by atoms with Crippen LogP contribution in [-0.4, -0.2) is 35.4 Å². The van der Waals surface area contributed by atoms with Gasteiger partial charge in [0.2, 0.25) is 5.88 Å². The van der Waals surface area contributed by atoms with Crippen molar-refractivity contribution in [2.75, 3.05) is 7.11 Å². The minimum Gasteiger partial charge on any atom is -0.473 e. The minimum atomic E-state index is -0.506. The van der Waals surface area contributed by atoms with Gasteiger partial charge in [0.25, 0.3) is 0 Å². The zero-order valence-electron chi connectivity index (χ0n) is 10.3. The van der Waals surface area contributed by atoms with Gasteiger partial charge in [0, 0.05) is 12.1 Å². The lowest BCUT2D eigenvalue weighted by Gasteiger charge is -2.26. The summed E-state index contributed by atoms with van der Waals surface area (Å²) in [5.41, 5.74) is 6.05. The average molecular weight is 251 g/mol. The molecule has 0 saturated heterocycles. The number of hydrogen-bond acceptors (Lipinski definition) is 6. The topological polar surface area (TPSA) is 87.3 Å². The van der Waals surface area contributed by atoms with Crippen molar-refractivity contribution in [3.63, 3.8) is 0 Å². The van der Waals surface area contributed by atoms with Crippen LogP contribution < -0.4 is 10.5 Å². The quantitative estimate of drug-likeness (QED) is 0.803. The van der Waals surface area contributed by atoms with Gasteiger partial charge in [-0.15, -0.1) is 10.2 Å². The fourth-order valence-corrected chi connectivity index (χ4v) is 2.06. The Bertz CT molecular complexity index is 408. The smallest absolute Gasteiger partial charge is 0.358 e. The van der Waals surface area contributed by atoms with E-state index >= 15 is 0 Å². The van der Waals surface area contributed by atoms with Crippen LogP contribution in [-0.2, 0) is 4.74 Å². The Kier molecular flexibility index (Phi) is 4.09. The molecule has 1 aliphatic rings. The van der Waals surface area contributed by atoms with Crippen molar-refractivity contribution in [3.05, 3.63) is 17.8 Å². The van der Waals surface area contributed by atoms with Gasteiger partial charge in [0.05, 0.1) is 7.11 Å². The molecule has 1 saturated carbocycles. The Morgan fingerprint density at radius 2 is 2.22 bits per heavy atom. The summed E-state index contributed by atoms with van der Waals surface area (Å²) in [7, 11) is 1.30. The molecule has 0 aliphatic heterocycles. The van der Waals surface area contributed by atoms with Crippen molar-refractivity contribution in [2.45, 2.75) is 37.8 Å². The van der Waals surface area contributed by atoms with Crippen molar-refractivity contribution in [1.29, 1.82) is 0 Å². The van der Waals surface area contributed by atoms with E-state index in [-0.39, 0.29) is 17.8 Å². The van der Waals surface area contributed by atoms with Crippen molar-refractivity contribution >= 4 is 5.97 Å². The first-order chi connectivity index (χ1) is 8.69. The number of nitrogens with two attached hydrogens (primary N) is 1. The van der Waals surface area contributed by atoms with Gasteiger partial charge >= 0.3 is 5.97 Å². The van der Waals surface area contributed by atoms with Gasteiger partial charge in [0.15, 0.2) is 5.69 Å². The second kappa shape index (κ2) is 5.77. The first-order valence-corrected chi connectivity index (χ1v) is 6.03. The number of ether oxygens (including phenoxy) is 2. The molecule has 0 amide bonds. The fraction of sp³-hybridized carbons (Fsp3) is 0.583. The Morgan fingerprint density at radius 3 is 2.83 bits per heavy atom. The molecule has 0 bridgehead atoms. The van der Waals surface area contributed by atoms with Crippen LogP contribution in [0.2, 0.25) is 0 Å². The Hall–Kier alpha value is -1.69. The van der Waals surface area contributed by atoms with Gasteiger partial charge in [-0.1, -0.05) is 0 Å². The van der Waals surface area contributed by atoms with Gasteiger partial charge in [0.1, 0.15) is 6.10 Å². The molecule has 0 radical (unpaired) electrons. The predicted molar refractivity (Wildman–Crippen MR) is 64.2 cm³/mol. The van der Waals surface area contributed by atoms with Crippen LogP contribution in [0.1, 0.15) is 36.2 Å². The number of carbonyl (C=O) groups excluding carboxylic acids is 1. The standard InChI is InChI=1S/C12H17N3O3/c1-17-12(16)10-5-6-11(15-14-10)18-9-4-2-3-8(13)7-9/h5-6,8-9H,2-4,7,13H2,1H3. The molecule has 1 heterocycles. The van der Waals surface area contributed by atoms with Crippen LogP contribution in [0.25, 0.3) is 0 Å². The largest absolute Gasteiger partial charge is 0.473 e. The van der Waals surface area contributed by atoms with E-state index in [0.717, 1.165) is 25.7 Å². The van der Waals surface area contributed by atoms with Crippen molar-refractivity contribution in [1.82, 2.24) is 10.2 Å². The molecular weight excluding hydrogens is 234 g/mol. The summed E-state index contributed by atoms with van der Waals surface area (Å²) in [5, 5.41) is 7.61. The van der Waals surface area contributed by atoms with E-state index in [2.05, 4.69) is 14.9 Å². The highest BCUT2D eigenvalue weighted by molar-refractivity contribution is 5.86. The molecule has 2 unspecified atom stereocenters. The minimum absolute atomic E-state index is 0.0898. The van der Waals surface area contributed by atoms with Crippen LogP contribution >= 0.6 is 0 Å². The fourth-order valence-electron chi connectivity index (χ4n) is 2.06. The third-order valence-corrected chi connectivity index (χ3v) is 2.99. The molecule has 1 aromatic rings. The second-order valence-corrected chi connectivity index (χ2v) is 4.41. The van der Waals surface area contributed by atoms with Crippen LogP contribution in [0.3, 0.4) is 0 Å². The molecule has 2 N–H and O–H groups in total. The Labute approximate surface area is 105 Å². The van der Waals surface area contributed by atoms with Gasteiger partial charge < -0.3 is 15.2 Å². The van der Waals surface area contributed by atoms with E-state index in [9.17, 15) is 4.79 Å². The normalized spacial score (nSPS) is 23.4. The number of methoxy groups -OCH3 is 1. The van der Waals surface area contributed by atoms with E-state index in [1.54, 1.807) is 6.07 Å². The molecule has 6 heteroatoms. The summed E-state index contributed by atoms with van der Waals surface area (Å²) in [6.45, 7) is 0. The molecule has 2 rings (SSSR count). The number of carbonyl (C=O) groups is 1. The van der Waals surface area contributed by atoms with Crippen LogP contribution in [0.15, 0.2) is 12.1 Å². The number of hydrogen-bond donors (Lipinski definition) is 1.